The topological polar surface area (TPSA) is 69.0 Å². The molecular formula is C16H22N4O. The van der Waals surface area contributed by atoms with Gasteiger partial charge in [0.15, 0.2) is 0 Å². The monoisotopic (exact) mass is 286 g/mol. The molecule has 1 aromatic rings. The summed E-state index contributed by atoms with van der Waals surface area (Å²) in [4.78, 5) is 18.6. The van der Waals surface area contributed by atoms with Gasteiger partial charge in [0.05, 0.1) is 11.5 Å². The van der Waals surface area contributed by atoms with Crippen LogP contribution in [-0.2, 0) is 4.79 Å². The maximum absolute atomic E-state index is 12.1. The molecule has 0 saturated carbocycles. The third-order valence-corrected chi connectivity index (χ3v) is 3.82. The van der Waals surface area contributed by atoms with Gasteiger partial charge in [-0.1, -0.05) is 13.3 Å². The van der Waals surface area contributed by atoms with Gasteiger partial charge in [-0.05, 0) is 31.4 Å². The van der Waals surface area contributed by atoms with E-state index in [4.69, 9.17) is 5.26 Å². The molecule has 0 radical (unpaired) electrons. The summed E-state index contributed by atoms with van der Waals surface area (Å²) in [5.74, 6) is 1.04. The zero-order chi connectivity index (χ0) is 15.1. The molecule has 1 fully saturated rings. The first kappa shape index (κ1) is 15.3. The van der Waals surface area contributed by atoms with E-state index in [1.165, 1.54) is 0 Å². The van der Waals surface area contributed by atoms with E-state index in [-0.39, 0.29) is 11.8 Å². The van der Waals surface area contributed by atoms with Gasteiger partial charge >= 0.3 is 0 Å². The molecular weight excluding hydrogens is 264 g/mol. The molecule has 1 aliphatic rings. The van der Waals surface area contributed by atoms with E-state index in [2.05, 4.69) is 28.2 Å². The van der Waals surface area contributed by atoms with Crippen LogP contribution in [0.4, 0.5) is 5.82 Å². The Bertz CT molecular complexity index is 506. The second-order valence-electron chi connectivity index (χ2n) is 5.45. The lowest BCUT2D eigenvalue weighted by Gasteiger charge is -2.32. The number of pyridine rings is 1. The predicted molar refractivity (Wildman–Crippen MR) is 81.8 cm³/mol. The number of hydrogen-bond acceptors (Lipinski definition) is 4. The number of anilines is 1. The second-order valence-corrected chi connectivity index (χ2v) is 5.45. The van der Waals surface area contributed by atoms with E-state index in [0.717, 1.165) is 44.6 Å². The predicted octanol–water partition coefficient (Wildman–Crippen LogP) is 2.09. The fourth-order valence-electron chi connectivity index (χ4n) is 2.57. The van der Waals surface area contributed by atoms with Crippen LogP contribution in [0.1, 0.15) is 38.2 Å². The maximum atomic E-state index is 12.1. The van der Waals surface area contributed by atoms with Gasteiger partial charge in [-0.25, -0.2) is 4.98 Å². The number of hydrogen-bond donors (Lipinski definition) is 1. The van der Waals surface area contributed by atoms with E-state index >= 15 is 0 Å². The molecule has 1 saturated heterocycles. The standard InChI is InChI=1S/C16H22N4O/c1-2-3-8-18-16(21)14-5-4-9-20(12-14)15-7-6-13(10-17)11-19-15/h6-7,11,14H,2-5,8-9,12H2,1H3,(H,18,21). The van der Waals surface area contributed by atoms with Crippen LogP contribution >= 0.6 is 0 Å². The van der Waals surface area contributed by atoms with E-state index in [1.54, 1.807) is 12.3 Å². The number of aromatic nitrogens is 1. The fraction of sp³-hybridized carbons (Fsp3) is 0.562. The number of nitrogens with one attached hydrogen (secondary N) is 1. The average Bonchev–Trinajstić information content (AvgIpc) is 2.55. The normalized spacial score (nSPS) is 18.1. The molecule has 2 heterocycles. The van der Waals surface area contributed by atoms with E-state index in [0.29, 0.717) is 12.1 Å². The van der Waals surface area contributed by atoms with Gasteiger partial charge in [-0.15, -0.1) is 0 Å². The van der Waals surface area contributed by atoms with Crippen molar-refractivity contribution < 1.29 is 4.79 Å². The number of piperidine rings is 1. The van der Waals surface area contributed by atoms with Crippen molar-refractivity contribution in [2.75, 3.05) is 24.5 Å². The Morgan fingerprint density at radius 1 is 1.57 bits per heavy atom. The van der Waals surface area contributed by atoms with Gasteiger partial charge in [0.2, 0.25) is 5.91 Å². The molecule has 0 aromatic carbocycles. The third-order valence-electron chi connectivity index (χ3n) is 3.82. The third kappa shape index (κ3) is 4.19. The van der Waals surface area contributed by atoms with Gasteiger partial charge in [-0.3, -0.25) is 4.79 Å². The van der Waals surface area contributed by atoms with Crippen LogP contribution in [-0.4, -0.2) is 30.5 Å². The highest BCUT2D eigenvalue weighted by Gasteiger charge is 2.26. The number of carbonyl (C=O) groups is 1. The molecule has 21 heavy (non-hydrogen) atoms. The highest BCUT2D eigenvalue weighted by Crippen LogP contribution is 2.21. The molecule has 0 spiro atoms. The molecule has 1 amide bonds. The molecule has 1 atom stereocenters. The first-order valence-corrected chi connectivity index (χ1v) is 7.63. The molecule has 1 aliphatic heterocycles. The van der Waals surface area contributed by atoms with Crippen LogP contribution in [0.15, 0.2) is 18.3 Å². The molecule has 0 aliphatic carbocycles. The van der Waals surface area contributed by atoms with Crippen LogP contribution in [0, 0.1) is 17.2 Å². The molecule has 0 bridgehead atoms. The summed E-state index contributed by atoms with van der Waals surface area (Å²) >= 11 is 0. The maximum Gasteiger partial charge on any atom is 0.224 e. The Hall–Kier alpha value is -2.09. The van der Waals surface area contributed by atoms with Crippen molar-refractivity contribution in [1.82, 2.24) is 10.3 Å². The van der Waals surface area contributed by atoms with Crippen molar-refractivity contribution in [3.63, 3.8) is 0 Å². The van der Waals surface area contributed by atoms with Crippen molar-refractivity contribution in [1.29, 1.82) is 5.26 Å². The Morgan fingerprint density at radius 2 is 2.43 bits per heavy atom. The summed E-state index contributed by atoms with van der Waals surface area (Å²) in [6.07, 6.45) is 5.63. The number of nitriles is 1. The van der Waals surface area contributed by atoms with E-state index in [9.17, 15) is 4.79 Å². The van der Waals surface area contributed by atoms with Gasteiger partial charge in [0.1, 0.15) is 11.9 Å². The molecule has 5 heteroatoms. The smallest absolute Gasteiger partial charge is 0.224 e. The van der Waals surface area contributed by atoms with Crippen LogP contribution in [0.2, 0.25) is 0 Å². The lowest BCUT2D eigenvalue weighted by Crippen LogP contribution is -2.43. The molecule has 112 valence electrons. The number of nitrogens with zero attached hydrogens (tertiary/aromatic N) is 3. The summed E-state index contributed by atoms with van der Waals surface area (Å²) < 4.78 is 0. The van der Waals surface area contributed by atoms with Crippen LogP contribution in [0.25, 0.3) is 0 Å². The largest absolute Gasteiger partial charge is 0.356 e. The highest BCUT2D eigenvalue weighted by atomic mass is 16.1. The Morgan fingerprint density at radius 3 is 3.10 bits per heavy atom. The first-order valence-electron chi connectivity index (χ1n) is 7.63. The molecule has 2 rings (SSSR count). The van der Waals surface area contributed by atoms with Crippen molar-refractivity contribution in [2.45, 2.75) is 32.6 Å². The Labute approximate surface area is 126 Å². The van der Waals surface area contributed by atoms with E-state index in [1.807, 2.05) is 6.07 Å². The molecule has 1 N–H and O–H groups in total. The number of unbranched alkanes of at least 4 members (excludes halogenated alkanes) is 1. The Kier molecular flexibility index (Phi) is 5.56. The zero-order valence-corrected chi connectivity index (χ0v) is 12.5. The minimum Gasteiger partial charge on any atom is -0.356 e. The van der Waals surface area contributed by atoms with Gasteiger partial charge in [0, 0.05) is 25.8 Å². The van der Waals surface area contributed by atoms with Crippen LogP contribution in [0.3, 0.4) is 0 Å². The average molecular weight is 286 g/mol. The lowest BCUT2D eigenvalue weighted by atomic mass is 9.97. The summed E-state index contributed by atoms with van der Waals surface area (Å²) in [5, 5.41) is 11.8. The summed E-state index contributed by atoms with van der Waals surface area (Å²) in [6, 6.07) is 5.70. The summed E-state index contributed by atoms with van der Waals surface area (Å²) in [7, 11) is 0. The summed E-state index contributed by atoms with van der Waals surface area (Å²) in [6.45, 7) is 4.50. The zero-order valence-electron chi connectivity index (χ0n) is 12.5. The minimum atomic E-state index is 0.0352. The summed E-state index contributed by atoms with van der Waals surface area (Å²) in [5.41, 5.74) is 0.560. The number of carbonyl (C=O) groups excluding carboxylic acids is 1. The molecule has 1 aromatic heterocycles. The second kappa shape index (κ2) is 7.63. The van der Waals surface area contributed by atoms with Crippen LogP contribution < -0.4 is 10.2 Å². The van der Waals surface area contributed by atoms with Crippen molar-refractivity contribution in [3.05, 3.63) is 23.9 Å². The van der Waals surface area contributed by atoms with Gasteiger partial charge < -0.3 is 10.2 Å². The molecule has 5 nitrogen and oxygen atoms in total. The van der Waals surface area contributed by atoms with Crippen molar-refractivity contribution >= 4 is 11.7 Å². The Balaban J connectivity index is 1.93. The van der Waals surface area contributed by atoms with Crippen molar-refractivity contribution in [2.24, 2.45) is 5.92 Å². The fourth-order valence-corrected chi connectivity index (χ4v) is 2.57. The van der Waals surface area contributed by atoms with Gasteiger partial charge in [0.25, 0.3) is 0 Å². The SMILES string of the molecule is CCCCNC(=O)C1CCCN(c2ccc(C#N)cn2)C1. The first-order chi connectivity index (χ1) is 10.2. The van der Waals surface area contributed by atoms with Gasteiger partial charge in [-0.2, -0.15) is 5.26 Å². The lowest BCUT2D eigenvalue weighted by molar-refractivity contribution is -0.125. The molecule has 1 unspecified atom stereocenters. The van der Waals surface area contributed by atoms with E-state index < -0.39 is 0 Å². The quantitative estimate of drug-likeness (QED) is 0.841. The van der Waals surface area contributed by atoms with Crippen LogP contribution in [0.5, 0.6) is 0 Å². The number of rotatable bonds is 5. The highest BCUT2D eigenvalue weighted by molar-refractivity contribution is 5.79. The minimum absolute atomic E-state index is 0.0352. The van der Waals surface area contributed by atoms with Crippen molar-refractivity contribution in [3.8, 4) is 6.07 Å². The number of amides is 1.